The summed E-state index contributed by atoms with van der Waals surface area (Å²) >= 11 is 0. The second kappa shape index (κ2) is 9.10. The lowest BCUT2D eigenvalue weighted by atomic mass is 10.1. The van der Waals surface area contributed by atoms with Gasteiger partial charge in [0.1, 0.15) is 17.1 Å². The first-order valence-corrected chi connectivity index (χ1v) is 9.35. The van der Waals surface area contributed by atoms with Crippen molar-refractivity contribution in [3.63, 3.8) is 0 Å². The second-order valence-corrected chi connectivity index (χ2v) is 6.58. The van der Waals surface area contributed by atoms with Gasteiger partial charge in [0.2, 0.25) is 0 Å². The second-order valence-electron chi connectivity index (χ2n) is 6.58. The highest BCUT2D eigenvalue weighted by Crippen LogP contribution is 2.22. The maximum Gasteiger partial charge on any atom is 0.263 e. The van der Waals surface area contributed by atoms with Crippen LogP contribution in [-0.2, 0) is 13.0 Å². The van der Waals surface area contributed by atoms with Gasteiger partial charge in [-0.15, -0.1) is 0 Å². The van der Waals surface area contributed by atoms with Crippen LogP contribution in [0.25, 0.3) is 0 Å². The van der Waals surface area contributed by atoms with Crippen LogP contribution in [0.3, 0.4) is 0 Å². The van der Waals surface area contributed by atoms with E-state index in [0.717, 1.165) is 12.0 Å². The van der Waals surface area contributed by atoms with Crippen LogP contribution in [0, 0.1) is 0 Å². The van der Waals surface area contributed by atoms with Crippen molar-refractivity contribution in [2.45, 2.75) is 19.9 Å². The molecule has 0 aliphatic rings. The maximum atomic E-state index is 12.9. The summed E-state index contributed by atoms with van der Waals surface area (Å²) in [6.45, 7) is 2.36. The highest BCUT2D eigenvalue weighted by Gasteiger charge is 2.13. The molecule has 0 saturated carbocycles. The van der Waals surface area contributed by atoms with Gasteiger partial charge >= 0.3 is 0 Å². The minimum atomic E-state index is -0.433. The normalized spacial score (nSPS) is 10.4. The molecule has 2 aromatic carbocycles. The standard InChI is InChI=1S/C23H24N2O4/c1-4-16-7-9-18(10-8-16)24-22(26)21-6-5-11-25(23(21)27)15-17-12-19(28-2)14-20(13-17)29-3/h5-14H,4,15H2,1-3H3,(H,24,26). The van der Waals surface area contributed by atoms with Crippen LogP contribution in [0.4, 0.5) is 5.69 Å². The van der Waals surface area contributed by atoms with Crippen LogP contribution >= 0.6 is 0 Å². The summed E-state index contributed by atoms with van der Waals surface area (Å²) in [5.74, 6) is 0.838. The Morgan fingerprint density at radius 2 is 1.62 bits per heavy atom. The molecule has 0 aliphatic heterocycles. The topological polar surface area (TPSA) is 69.6 Å². The third-order valence-corrected chi connectivity index (χ3v) is 4.65. The van der Waals surface area contributed by atoms with Crippen LogP contribution in [0.1, 0.15) is 28.4 Å². The SMILES string of the molecule is CCc1ccc(NC(=O)c2cccn(Cc3cc(OC)cc(OC)c3)c2=O)cc1. The van der Waals surface area contributed by atoms with Gasteiger partial charge in [-0.25, -0.2) is 0 Å². The summed E-state index contributed by atoms with van der Waals surface area (Å²) in [5, 5.41) is 2.79. The number of carbonyl (C=O) groups excluding carboxylic acids is 1. The number of ether oxygens (including phenoxy) is 2. The zero-order valence-electron chi connectivity index (χ0n) is 16.8. The van der Waals surface area contributed by atoms with Gasteiger partial charge in [-0.1, -0.05) is 19.1 Å². The fourth-order valence-electron chi connectivity index (χ4n) is 3.01. The number of aromatic nitrogens is 1. The van der Waals surface area contributed by atoms with E-state index in [1.54, 1.807) is 32.5 Å². The van der Waals surface area contributed by atoms with Gasteiger partial charge < -0.3 is 19.4 Å². The average molecular weight is 392 g/mol. The van der Waals surface area contributed by atoms with Gasteiger partial charge in [-0.2, -0.15) is 0 Å². The number of hydrogen-bond donors (Lipinski definition) is 1. The van der Waals surface area contributed by atoms with Crippen LogP contribution < -0.4 is 20.3 Å². The van der Waals surface area contributed by atoms with Crippen molar-refractivity contribution in [2.75, 3.05) is 19.5 Å². The van der Waals surface area contributed by atoms with E-state index in [0.29, 0.717) is 23.7 Å². The lowest BCUT2D eigenvalue weighted by Crippen LogP contribution is -2.29. The largest absolute Gasteiger partial charge is 0.497 e. The van der Waals surface area contributed by atoms with E-state index in [2.05, 4.69) is 12.2 Å². The number of amides is 1. The molecule has 3 rings (SSSR count). The summed E-state index contributed by atoms with van der Waals surface area (Å²) in [6.07, 6.45) is 2.58. The summed E-state index contributed by atoms with van der Waals surface area (Å²) in [5.41, 5.74) is 2.38. The molecule has 0 unspecified atom stereocenters. The molecule has 1 amide bonds. The van der Waals surface area contributed by atoms with E-state index in [1.165, 1.54) is 16.2 Å². The number of rotatable bonds is 7. The van der Waals surface area contributed by atoms with Crippen molar-refractivity contribution in [1.29, 1.82) is 0 Å². The third kappa shape index (κ3) is 4.85. The minimum Gasteiger partial charge on any atom is -0.497 e. The molecular formula is C23H24N2O4. The zero-order chi connectivity index (χ0) is 20.8. The minimum absolute atomic E-state index is 0.0851. The molecule has 1 aromatic heterocycles. The number of nitrogens with one attached hydrogen (secondary N) is 1. The Balaban J connectivity index is 1.83. The van der Waals surface area contributed by atoms with E-state index in [-0.39, 0.29) is 11.1 Å². The molecule has 0 bridgehead atoms. The Labute approximate surface area is 169 Å². The van der Waals surface area contributed by atoms with Crippen molar-refractivity contribution < 1.29 is 14.3 Å². The smallest absolute Gasteiger partial charge is 0.263 e. The summed E-state index contributed by atoms with van der Waals surface area (Å²) in [6, 6.07) is 16.2. The molecule has 6 heteroatoms. The molecule has 0 radical (unpaired) electrons. The van der Waals surface area contributed by atoms with Gasteiger partial charge in [0.15, 0.2) is 0 Å². The quantitative estimate of drug-likeness (QED) is 0.665. The molecule has 0 saturated heterocycles. The monoisotopic (exact) mass is 392 g/mol. The summed E-state index contributed by atoms with van der Waals surface area (Å²) in [4.78, 5) is 25.5. The van der Waals surface area contributed by atoms with Gasteiger partial charge in [0, 0.05) is 18.0 Å². The Morgan fingerprint density at radius 3 is 2.21 bits per heavy atom. The number of methoxy groups -OCH3 is 2. The molecule has 6 nitrogen and oxygen atoms in total. The van der Waals surface area contributed by atoms with Gasteiger partial charge in [-0.3, -0.25) is 9.59 Å². The molecule has 29 heavy (non-hydrogen) atoms. The van der Waals surface area contributed by atoms with Gasteiger partial charge in [-0.05, 0) is 53.9 Å². The fraction of sp³-hybridized carbons (Fsp3) is 0.217. The predicted octanol–water partition coefficient (Wildman–Crippen LogP) is 3.73. The lowest BCUT2D eigenvalue weighted by Gasteiger charge is -2.11. The molecular weight excluding hydrogens is 368 g/mol. The van der Waals surface area contributed by atoms with Crippen LogP contribution in [0.5, 0.6) is 11.5 Å². The van der Waals surface area contributed by atoms with E-state index in [4.69, 9.17) is 9.47 Å². The summed E-state index contributed by atoms with van der Waals surface area (Å²) in [7, 11) is 3.14. The average Bonchev–Trinajstić information content (AvgIpc) is 2.75. The molecule has 3 aromatic rings. The highest BCUT2D eigenvalue weighted by molar-refractivity contribution is 6.03. The van der Waals surface area contributed by atoms with Gasteiger partial charge in [0.05, 0.1) is 20.8 Å². The molecule has 0 atom stereocenters. The van der Waals surface area contributed by atoms with Crippen LogP contribution in [-0.4, -0.2) is 24.7 Å². The molecule has 0 aliphatic carbocycles. The first-order valence-electron chi connectivity index (χ1n) is 9.35. The van der Waals surface area contributed by atoms with E-state index < -0.39 is 5.91 Å². The van der Waals surface area contributed by atoms with Crippen molar-refractivity contribution in [3.8, 4) is 11.5 Å². The number of hydrogen-bond acceptors (Lipinski definition) is 4. The maximum absolute atomic E-state index is 12.9. The van der Waals surface area contributed by atoms with E-state index in [9.17, 15) is 9.59 Å². The third-order valence-electron chi connectivity index (χ3n) is 4.65. The number of carbonyl (C=O) groups is 1. The van der Waals surface area contributed by atoms with E-state index >= 15 is 0 Å². The number of pyridine rings is 1. The first kappa shape index (κ1) is 20.2. The Morgan fingerprint density at radius 1 is 0.966 bits per heavy atom. The summed E-state index contributed by atoms with van der Waals surface area (Å²) < 4.78 is 12.0. The Bertz CT molecular complexity index is 1030. The number of nitrogens with zero attached hydrogens (tertiary/aromatic N) is 1. The molecule has 1 N–H and O–H groups in total. The van der Waals surface area contributed by atoms with Crippen molar-refractivity contribution in [2.24, 2.45) is 0 Å². The number of anilines is 1. The van der Waals surface area contributed by atoms with Gasteiger partial charge in [0.25, 0.3) is 11.5 Å². The lowest BCUT2D eigenvalue weighted by molar-refractivity contribution is 0.102. The van der Waals surface area contributed by atoms with Crippen LogP contribution in [0.15, 0.2) is 65.6 Å². The van der Waals surface area contributed by atoms with Crippen molar-refractivity contribution >= 4 is 11.6 Å². The fourth-order valence-corrected chi connectivity index (χ4v) is 3.01. The van der Waals surface area contributed by atoms with E-state index in [1.807, 2.05) is 36.4 Å². The van der Waals surface area contributed by atoms with Crippen LogP contribution in [0.2, 0.25) is 0 Å². The van der Waals surface area contributed by atoms with Crippen molar-refractivity contribution in [3.05, 3.63) is 87.8 Å². The van der Waals surface area contributed by atoms with Crippen molar-refractivity contribution in [1.82, 2.24) is 4.57 Å². The highest BCUT2D eigenvalue weighted by atomic mass is 16.5. The first-order chi connectivity index (χ1) is 14.0. The molecule has 0 spiro atoms. The molecule has 0 fully saturated rings. The predicted molar refractivity (Wildman–Crippen MR) is 113 cm³/mol. The Hall–Kier alpha value is -3.54. The zero-order valence-corrected chi connectivity index (χ0v) is 16.8. The number of aryl methyl sites for hydroxylation is 1. The molecule has 1 heterocycles. The number of benzene rings is 2. The Kier molecular flexibility index (Phi) is 6.34. The molecule has 150 valence electrons.